The largest absolute Gasteiger partial charge is 0.306 e. The minimum absolute atomic E-state index is 0.0926. The predicted octanol–water partition coefficient (Wildman–Crippen LogP) is 3.47. The second-order valence-corrected chi connectivity index (χ2v) is 10.9. The topological polar surface area (TPSA) is 128 Å². The number of benzene rings is 2. The van der Waals surface area contributed by atoms with E-state index in [1.165, 1.54) is 49.4 Å². The van der Waals surface area contributed by atoms with Crippen molar-refractivity contribution in [2.75, 3.05) is 19.4 Å². The first-order valence-corrected chi connectivity index (χ1v) is 12.8. The Morgan fingerprint density at radius 2 is 1.78 bits per heavy atom. The molecule has 0 aliphatic heterocycles. The lowest BCUT2D eigenvalue weighted by molar-refractivity contribution is 0.102. The van der Waals surface area contributed by atoms with Crippen molar-refractivity contribution in [2.45, 2.75) is 11.8 Å². The van der Waals surface area contributed by atoms with Crippen LogP contribution in [0.5, 0.6) is 0 Å². The molecule has 3 aromatic heterocycles. The van der Waals surface area contributed by atoms with E-state index in [1.54, 1.807) is 36.0 Å². The number of aromatic nitrogens is 6. The standard InChI is InChI=1S/C24H21ClN8O3S/c1-15-11-21(29-24(34)16-7-9-19(10-8-16)37(35,36)31(2)3)33(30-15)23-20-13-28-32(22(20)26-14-27-23)18-6-4-5-17(25)12-18/h4-14H,1-3H3,(H,29,34). The summed E-state index contributed by atoms with van der Waals surface area (Å²) in [5.41, 5.74) is 2.20. The van der Waals surface area contributed by atoms with Gasteiger partial charge in [-0.1, -0.05) is 17.7 Å². The third-order valence-electron chi connectivity index (χ3n) is 5.57. The number of fused-ring (bicyclic) bond motifs is 1. The number of nitrogens with one attached hydrogen (secondary N) is 1. The number of carbonyl (C=O) groups is 1. The van der Waals surface area contributed by atoms with Crippen LogP contribution in [0, 0.1) is 6.92 Å². The molecule has 0 radical (unpaired) electrons. The Morgan fingerprint density at radius 1 is 1.03 bits per heavy atom. The summed E-state index contributed by atoms with van der Waals surface area (Å²) in [4.78, 5) is 21.9. The van der Waals surface area contributed by atoms with Crippen molar-refractivity contribution in [3.8, 4) is 11.5 Å². The molecule has 0 aliphatic rings. The Bertz CT molecular complexity index is 1740. The fourth-order valence-corrected chi connectivity index (χ4v) is 4.81. The van der Waals surface area contributed by atoms with Gasteiger partial charge in [0.2, 0.25) is 10.0 Å². The van der Waals surface area contributed by atoms with Crippen molar-refractivity contribution in [1.29, 1.82) is 0 Å². The summed E-state index contributed by atoms with van der Waals surface area (Å²) in [5.74, 6) is 0.368. The molecule has 0 bridgehead atoms. The summed E-state index contributed by atoms with van der Waals surface area (Å²) in [7, 11) is -0.708. The second kappa shape index (κ2) is 9.39. The number of hydrogen-bond acceptors (Lipinski definition) is 7. The minimum atomic E-state index is -3.60. The molecule has 2 aromatic carbocycles. The maximum atomic E-state index is 13.0. The van der Waals surface area contributed by atoms with E-state index in [4.69, 9.17) is 11.6 Å². The van der Waals surface area contributed by atoms with Gasteiger partial charge in [0.25, 0.3) is 5.91 Å². The molecule has 0 fully saturated rings. The molecule has 0 spiro atoms. The van der Waals surface area contributed by atoms with Gasteiger partial charge < -0.3 is 5.32 Å². The molecule has 0 atom stereocenters. The highest BCUT2D eigenvalue weighted by Gasteiger charge is 2.20. The zero-order valence-corrected chi connectivity index (χ0v) is 21.6. The van der Waals surface area contributed by atoms with E-state index < -0.39 is 15.9 Å². The average Bonchev–Trinajstić information content (AvgIpc) is 3.47. The molecule has 5 aromatic rings. The van der Waals surface area contributed by atoms with Crippen molar-refractivity contribution in [1.82, 2.24) is 33.8 Å². The van der Waals surface area contributed by atoms with Crippen LogP contribution in [0.3, 0.4) is 0 Å². The van der Waals surface area contributed by atoms with Crippen molar-refractivity contribution in [2.24, 2.45) is 0 Å². The third kappa shape index (κ3) is 4.57. The predicted molar refractivity (Wildman–Crippen MR) is 139 cm³/mol. The van der Waals surface area contributed by atoms with Crippen molar-refractivity contribution >= 4 is 44.4 Å². The van der Waals surface area contributed by atoms with Gasteiger partial charge in [-0.25, -0.2) is 27.4 Å². The zero-order valence-electron chi connectivity index (χ0n) is 20.0. The van der Waals surface area contributed by atoms with Crippen LogP contribution >= 0.6 is 11.6 Å². The van der Waals surface area contributed by atoms with Crippen LogP contribution in [-0.4, -0.2) is 62.3 Å². The number of sulfonamides is 1. The van der Waals surface area contributed by atoms with Crippen molar-refractivity contribution in [3.05, 3.63) is 83.4 Å². The maximum Gasteiger partial charge on any atom is 0.256 e. The average molecular weight is 537 g/mol. The number of halogens is 1. The van der Waals surface area contributed by atoms with Gasteiger partial charge in [-0.15, -0.1) is 0 Å². The zero-order chi connectivity index (χ0) is 26.3. The molecule has 13 heteroatoms. The second-order valence-electron chi connectivity index (χ2n) is 8.32. The van der Waals surface area contributed by atoms with Crippen LogP contribution < -0.4 is 5.32 Å². The SMILES string of the molecule is Cc1cc(NC(=O)c2ccc(S(=O)(=O)N(C)C)cc2)n(-c2ncnc3c2cnn3-c2cccc(Cl)c2)n1. The van der Waals surface area contributed by atoms with Crippen molar-refractivity contribution < 1.29 is 13.2 Å². The quantitative estimate of drug-likeness (QED) is 0.352. The van der Waals surface area contributed by atoms with Crippen LogP contribution in [0.15, 0.2) is 72.0 Å². The Hall–Kier alpha value is -4.13. The third-order valence-corrected chi connectivity index (χ3v) is 7.63. The van der Waals surface area contributed by atoms with E-state index in [-0.39, 0.29) is 10.5 Å². The summed E-state index contributed by atoms with van der Waals surface area (Å²) >= 11 is 6.15. The molecular formula is C24H21ClN8O3S. The molecule has 188 valence electrons. The number of nitrogens with zero attached hydrogens (tertiary/aromatic N) is 7. The molecule has 11 nitrogen and oxygen atoms in total. The Labute approximate surface area is 217 Å². The van der Waals surface area contributed by atoms with E-state index in [2.05, 4.69) is 25.5 Å². The van der Waals surface area contributed by atoms with E-state index in [1.807, 2.05) is 12.1 Å². The van der Waals surface area contributed by atoms with Gasteiger partial charge in [0.15, 0.2) is 11.5 Å². The van der Waals surface area contributed by atoms with Gasteiger partial charge in [0.1, 0.15) is 12.1 Å². The Morgan fingerprint density at radius 3 is 2.49 bits per heavy atom. The van der Waals surface area contributed by atoms with E-state index in [0.717, 1.165) is 9.99 Å². The lowest BCUT2D eigenvalue weighted by Gasteiger charge is -2.12. The summed E-state index contributed by atoms with van der Waals surface area (Å²) < 4.78 is 28.9. The first-order chi connectivity index (χ1) is 17.6. The Kier molecular flexibility index (Phi) is 6.23. The maximum absolute atomic E-state index is 13.0. The highest BCUT2D eigenvalue weighted by Crippen LogP contribution is 2.25. The summed E-state index contributed by atoms with van der Waals surface area (Å²) in [6.45, 7) is 1.79. The number of rotatable bonds is 6. The molecule has 1 N–H and O–H groups in total. The molecule has 0 aliphatic carbocycles. The molecule has 37 heavy (non-hydrogen) atoms. The van der Waals surface area contributed by atoms with Gasteiger partial charge in [0, 0.05) is 30.7 Å². The van der Waals surface area contributed by atoms with Gasteiger partial charge in [-0.2, -0.15) is 14.9 Å². The Balaban J connectivity index is 1.49. The van der Waals surface area contributed by atoms with E-state index in [9.17, 15) is 13.2 Å². The lowest BCUT2D eigenvalue weighted by atomic mass is 10.2. The van der Waals surface area contributed by atoms with E-state index >= 15 is 0 Å². The molecule has 1 amide bonds. The molecule has 3 heterocycles. The van der Waals surface area contributed by atoms with Gasteiger partial charge in [-0.05, 0) is 49.4 Å². The number of carbonyl (C=O) groups excluding carboxylic acids is 1. The molecule has 5 rings (SSSR count). The summed E-state index contributed by atoms with van der Waals surface area (Å²) in [5, 5.41) is 13.0. The van der Waals surface area contributed by atoms with Crippen LogP contribution in [0.1, 0.15) is 16.1 Å². The first-order valence-electron chi connectivity index (χ1n) is 11.0. The molecular weight excluding hydrogens is 516 g/mol. The van der Waals surface area contributed by atoms with Gasteiger partial charge in [-0.3, -0.25) is 4.79 Å². The van der Waals surface area contributed by atoms with Gasteiger partial charge >= 0.3 is 0 Å². The monoisotopic (exact) mass is 536 g/mol. The molecule has 0 saturated carbocycles. The molecule has 0 unspecified atom stereocenters. The normalized spacial score (nSPS) is 11.8. The van der Waals surface area contributed by atoms with Crippen LogP contribution in [0.4, 0.5) is 5.82 Å². The summed E-state index contributed by atoms with van der Waals surface area (Å²) in [6.07, 6.45) is 3.02. The van der Waals surface area contributed by atoms with Crippen molar-refractivity contribution in [3.63, 3.8) is 0 Å². The van der Waals surface area contributed by atoms with Crippen LogP contribution in [0.2, 0.25) is 5.02 Å². The number of anilines is 1. The number of hydrogen-bond donors (Lipinski definition) is 1. The van der Waals surface area contributed by atoms with E-state index in [0.29, 0.717) is 33.4 Å². The lowest BCUT2D eigenvalue weighted by Crippen LogP contribution is -2.22. The fourth-order valence-electron chi connectivity index (χ4n) is 3.72. The highest BCUT2D eigenvalue weighted by molar-refractivity contribution is 7.89. The first kappa shape index (κ1) is 24.6. The smallest absolute Gasteiger partial charge is 0.256 e. The van der Waals surface area contributed by atoms with Crippen LogP contribution in [-0.2, 0) is 10.0 Å². The minimum Gasteiger partial charge on any atom is -0.306 e. The molecule has 0 saturated heterocycles. The fraction of sp³-hybridized carbons (Fsp3) is 0.125. The number of amides is 1. The number of aryl methyl sites for hydroxylation is 1. The highest BCUT2D eigenvalue weighted by atomic mass is 35.5. The van der Waals surface area contributed by atoms with Gasteiger partial charge in [0.05, 0.1) is 27.9 Å². The summed E-state index contributed by atoms with van der Waals surface area (Å²) in [6, 6.07) is 14.6. The van der Waals surface area contributed by atoms with Crippen LogP contribution in [0.25, 0.3) is 22.5 Å².